The van der Waals surface area contributed by atoms with Crippen LogP contribution in [0.4, 0.5) is 5.82 Å². The summed E-state index contributed by atoms with van der Waals surface area (Å²) in [4.78, 5) is 9.85. The topological polar surface area (TPSA) is 51.8 Å². The maximum Gasteiger partial charge on any atom is 0.131 e. The number of hydrogen-bond acceptors (Lipinski definition) is 4. The van der Waals surface area contributed by atoms with Crippen molar-refractivity contribution in [2.75, 3.05) is 5.73 Å². The van der Waals surface area contributed by atoms with Gasteiger partial charge in [0, 0.05) is 17.4 Å². The van der Waals surface area contributed by atoms with Crippen molar-refractivity contribution in [3.63, 3.8) is 0 Å². The zero-order valence-corrected chi connectivity index (χ0v) is 13.3. The van der Waals surface area contributed by atoms with Crippen LogP contribution in [0.3, 0.4) is 0 Å². The van der Waals surface area contributed by atoms with E-state index >= 15 is 0 Å². The van der Waals surface area contributed by atoms with Gasteiger partial charge >= 0.3 is 0 Å². The van der Waals surface area contributed by atoms with E-state index in [1.807, 2.05) is 13.0 Å². The highest BCUT2D eigenvalue weighted by molar-refractivity contribution is 7.99. The van der Waals surface area contributed by atoms with Crippen molar-refractivity contribution in [1.82, 2.24) is 9.97 Å². The molecule has 2 rings (SSSR count). The highest BCUT2D eigenvalue weighted by Crippen LogP contribution is 2.29. The first-order chi connectivity index (χ1) is 9.38. The fourth-order valence-electron chi connectivity index (χ4n) is 1.85. The van der Waals surface area contributed by atoms with Crippen LogP contribution < -0.4 is 5.73 Å². The lowest BCUT2D eigenvalue weighted by Gasteiger charge is -2.19. The van der Waals surface area contributed by atoms with E-state index in [2.05, 4.69) is 55.0 Å². The summed E-state index contributed by atoms with van der Waals surface area (Å²) in [6.45, 7) is 8.68. The van der Waals surface area contributed by atoms with Crippen LogP contribution in [-0.2, 0) is 11.8 Å². The quantitative estimate of drug-likeness (QED) is 0.865. The molecule has 0 unspecified atom stereocenters. The van der Waals surface area contributed by atoms with Gasteiger partial charge < -0.3 is 5.73 Å². The zero-order chi connectivity index (χ0) is 14.8. The van der Waals surface area contributed by atoms with Gasteiger partial charge in [-0.05, 0) is 23.1 Å². The maximum absolute atomic E-state index is 5.81. The van der Waals surface area contributed by atoms with Crippen LogP contribution in [0.2, 0.25) is 0 Å². The highest BCUT2D eigenvalue weighted by atomic mass is 32.2. The van der Waals surface area contributed by atoms with Gasteiger partial charge in [-0.3, -0.25) is 0 Å². The molecule has 3 nitrogen and oxygen atoms in total. The number of hydrogen-bond donors (Lipinski definition) is 1. The minimum absolute atomic E-state index is 0.178. The average Bonchev–Trinajstić information content (AvgIpc) is 2.37. The number of aryl methyl sites for hydroxylation is 1. The summed E-state index contributed by atoms with van der Waals surface area (Å²) in [6, 6.07) is 10.4. The van der Waals surface area contributed by atoms with Crippen LogP contribution in [0.1, 0.15) is 39.1 Å². The minimum Gasteiger partial charge on any atom is -0.384 e. The molecule has 0 aliphatic heterocycles. The normalized spacial score (nSPS) is 11.6. The third-order valence-corrected chi connectivity index (χ3v) is 3.95. The fourth-order valence-corrected chi connectivity index (χ4v) is 2.69. The third-order valence-electron chi connectivity index (χ3n) is 3.03. The first kappa shape index (κ1) is 14.9. The lowest BCUT2D eigenvalue weighted by Crippen LogP contribution is -2.10. The van der Waals surface area contributed by atoms with Gasteiger partial charge in [0.1, 0.15) is 16.7 Å². The summed E-state index contributed by atoms with van der Waals surface area (Å²) in [5.74, 6) is 1.32. The van der Waals surface area contributed by atoms with E-state index in [9.17, 15) is 0 Å². The Balaban J connectivity index is 2.20. The Morgan fingerprint density at radius 1 is 1.10 bits per heavy atom. The largest absolute Gasteiger partial charge is 0.384 e. The Bertz CT molecular complexity index is 586. The molecule has 0 aliphatic rings. The summed E-state index contributed by atoms with van der Waals surface area (Å²) in [6.07, 6.45) is 0.793. The first-order valence-corrected chi connectivity index (χ1v) is 7.62. The molecule has 0 bridgehead atoms. The lowest BCUT2D eigenvalue weighted by atomic mass is 9.87. The summed E-state index contributed by atoms with van der Waals surface area (Å²) in [5.41, 5.74) is 7.32. The third kappa shape index (κ3) is 3.73. The molecule has 1 heterocycles. The van der Waals surface area contributed by atoms with E-state index in [1.54, 1.807) is 11.8 Å². The summed E-state index contributed by atoms with van der Waals surface area (Å²) in [7, 11) is 0. The molecule has 20 heavy (non-hydrogen) atoms. The molecule has 0 saturated heterocycles. The van der Waals surface area contributed by atoms with Gasteiger partial charge in [-0.2, -0.15) is 0 Å². The SMILES string of the molecule is CCc1nc(N)cc(Sc2ccc(C(C)(C)C)cc2)n1. The molecule has 0 saturated carbocycles. The summed E-state index contributed by atoms with van der Waals surface area (Å²) in [5, 5.41) is 0.901. The van der Waals surface area contributed by atoms with Crippen LogP contribution in [0.5, 0.6) is 0 Å². The molecule has 0 aliphatic carbocycles. The first-order valence-electron chi connectivity index (χ1n) is 6.80. The van der Waals surface area contributed by atoms with Gasteiger partial charge in [0.15, 0.2) is 0 Å². The number of benzene rings is 1. The number of rotatable bonds is 3. The van der Waals surface area contributed by atoms with E-state index in [1.165, 1.54) is 5.56 Å². The van der Waals surface area contributed by atoms with Crippen LogP contribution in [0.15, 0.2) is 40.3 Å². The van der Waals surface area contributed by atoms with E-state index in [-0.39, 0.29) is 5.41 Å². The molecule has 0 radical (unpaired) electrons. The Hall–Kier alpha value is -1.55. The fraction of sp³-hybridized carbons (Fsp3) is 0.375. The van der Waals surface area contributed by atoms with Crippen molar-refractivity contribution in [3.8, 4) is 0 Å². The predicted molar refractivity (Wildman–Crippen MR) is 85.1 cm³/mol. The van der Waals surface area contributed by atoms with Crippen LogP contribution in [-0.4, -0.2) is 9.97 Å². The molecule has 4 heteroatoms. The van der Waals surface area contributed by atoms with Crippen LogP contribution >= 0.6 is 11.8 Å². The Kier molecular flexibility index (Phi) is 4.33. The van der Waals surface area contributed by atoms with Gasteiger partial charge in [-0.15, -0.1) is 0 Å². The van der Waals surface area contributed by atoms with Gasteiger partial charge in [0.05, 0.1) is 0 Å². The molecule has 0 fully saturated rings. The summed E-state index contributed by atoms with van der Waals surface area (Å²) >= 11 is 1.62. The molecular formula is C16H21N3S. The van der Waals surface area contributed by atoms with E-state index in [4.69, 9.17) is 5.73 Å². The summed E-state index contributed by atoms with van der Waals surface area (Å²) < 4.78 is 0. The van der Waals surface area contributed by atoms with Crippen molar-refractivity contribution < 1.29 is 0 Å². The Morgan fingerprint density at radius 2 is 1.75 bits per heavy atom. The smallest absolute Gasteiger partial charge is 0.131 e. The van der Waals surface area contributed by atoms with Crippen molar-refractivity contribution in [2.24, 2.45) is 0 Å². The van der Waals surface area contributed by atoms with E-state index < -0.39 is 0 Å². The number of nitrogens with two attached hydrogens (primary N) is 1. The number of nitrogens with zero attached hydrogens (tertiary/aromatic N) is 2. The average molecular weight is 287 g/mol. The molecule has 2 N–H and O–H groups in total. The highest BCUT2D eigenvalue weighted by Gasteiger charge is 2.13. The van der Waals surface area contributed by atoms with Crippen LogP contribution in [0.25, 0.3) is 0 Å². The van der Waals surface area contributed by atoms with Gasteiger partial charge in [-0.25, -0.2) is 9.97 Å². The van der Waals surface area contributed by atoms with Crippen LogP contribution in [0, 0.1) is 0 Å². The molecule has 2 aromatic rings. The molecule has 0 amide bonds. The number of nitrogen functional groups attached to an aromatic ring is 1. The molecule has 106 valence electrons. The zero-order valence-electron chi connectivity index (χ0n) is 12.5. The van der Waals surface area contributed by atoms with Gasteiger partial charge in [-0.1, -0.05) is 51.6 Å². The monoisotopic (exact) mass is 287 g/mol. The molecule has 0 atom stereocenters. The second-order valence-electron chi connectivity index (χ2n) is 5.78. The molecule has 0 spiro atoms. The standard InChI is InChI=1S/C16H21N3S/c1-5-14-18-13(17)10-15(19-14)20-12-8-6-11(7-9-12)16(2,3)4/h6-10H,5H2,1-4H3,(H2,17,18,19). The minimum atomic E-state index is 0.178. The number of aromatic nitrogens is 2. The molecular weight excluding hydrogens is 266 g/mol. The van der Waals surface area contributed by atoms with Crippen molar-refractivity contribution in [1.29, 1.82) is 0 Å². The van der Waals surface area contributed by atoms with Crippen molar-refractivity contribution in [2.45, 2.75) is 49.5 Å². The Morgan fingerprint density at radius 3 is 2.30 bits per heavy atom. The van der Waals surface area contributed by atoms with Gasteiger partial charge in [0.25, 0.3) is 0 Å². The van der Waals surface area contributed by atoms with E-state index in [0.29, 0.717) is 5.82 Å². The molecule has 1 aromatic carbocycles. The second-order valence-corrected chi connectivity index (χ2v) is 6.87. The number of anilines is 1. The Labute approximate surface area is 125 Å². The predicted octanol–water partition coefficient (Wildman–Crippen LogP) is 4.07. The second kappa shape index (κ2) is 5.83. The van der Waals surface area contributed by atoms with Crippen molar-refractivity contribution in [3.05, 3.63) is 41.7 Å². The van der Waals surface area contributed by atoms with Crippen molar-refractivity contribution >= 4 is 17.6 Å². The van der Waals surface area contributed by atoms with Gasteiger partial charge in [0.2, 0.25) is 0 Å². The molecule has 1 aromatic heterocycles. The maximum atomic E-state index is 5.81. The van der Waals surface area contributed by atoms with E-state index in [0.717, 1.165) is 22.2 Å². The lowest BCUT2D eigenvalue weighted by molar-refractivity contribution is 0.590.